The molecule has 116 valence electrons. The van der Waals surface area contributed by atoms with E-state index in [1.54, 1.807) is 19.1 Å². The van der Waals surface area contributed by atoms with Crippen molar-refractivity contribution in [3.63, 3.8) is 0 Å². The number of ether oxygens (including phenoxy) is 2. The number of benzene rings is 1. The van der Waals surface area contributed by atoms with E-state index in [0.29, 0.717) is 5.02 Å². The zero-order valence-electron chi connectivity index (χ0n) is 13.5. The number of carbonyl (C=O) groups is 1. The molecule has 2 rings (SSSR count). The number of epoxide rings is 1. The molecule has 1 aromatic rings. The van der Waals surface area contributed by atoms with Gasteiger partial charge in [-0.1, -0.05) is 44.5 Å². The molecule has 2 unspecified atom stereocenters. The van der Waals surface area contributed by atoms with Crippen LogP contribution in [0, 0.1) is 5.41 Å². The third kappa shape index (κ3) is 3.09. The summed E-state index contributed by atoms with van der Waals surface area (Å²) in [4.78, 5) is 12.5. The molecule has 0 aliphatic carbocycles. The maximum absolute atomic E-state index is 12.5. The molecule has 0 bridgehead atoms. The third-order valence-electron chi connectivity index (χ3n) is 4.54. The first-order chi connectivity index (χ1) is 9.47. The summed E-state index contributed by atoms with van der Waals surface area (Å²) in [7, 11) is 0. The SMILES string of the molecule is CC1(C(=O)OC(C)(C)C(C)(C)C)OC1c1ccc(Cl)cc1. The van der Waals surface area contributed by atoms with Crippen molar-refractivity contribution in [3.05, 3.63) is 34.9 Å². The number of hydrogen-bond acceptors (Lipinski definition) is 3. The largest absolute Gasteiger partial charge is 0.457 e. The Labute approximate surface area is 131 Å². The second kappa shape index (κ2) is 4.99. The highest BCUT2D eigenvalue weighted by Gasteiger charge is 2.61. The van der Waals surface area contributed by atoms with Crippen LogP contribution in [0.1, 0.15) is 53.2 Å². The van der Waals surface area contributed by atoms with Crippen molar-refractivity contribution in [2.75, 3.05) is 0 Å². The van der Waals surface area contributed by atoms with Crippen LogP contribution in [-0.2, 0) is 14.3 Å². The number of esters is 1. The molecule has 0 N–H and O–H groups in total. The van der Waals surface area contributed by atoms with Gasteiger partial charge in [0.05, 0.1) is 0 Å². The molecule has 1 aromatic carbocycles. The lowest BCUT2D eigenvalue weighted by atomic mass is 9.79. The molecule has 0 radical (unpaired) electrons. The van der Waals surface area contributed by atoms with Gasteiger partial charge in [-0.25, -0.2) is 4.79 Å². The fourth-order valence-corrected chi connectivity index (χ4v) is 2.00. The molecule has 1 saturated heterocycles. The normalized spacial score (nSPS) is 25.6. The minimum Gasteiger partial charge on any atom is -0.457 e. The molecule has 1 heterocycles. The minimum absolute atomic E-state index is 0.149. The summed E-state index contributed by atoms with van der Waals surface area (Å²) in [5.74, 6) is -0.317. The van der Waals surface area contributed by atoms with Crippen molar-refractivity contribution in [1.82, 2.24) is 0 Å². The standard InChI is InChI=1S/C17H23ClO3/c1-15(2,3)16(4,5)21-14(19)17(6)13(20-17)11-7-9-12(18)10-8-11/h7-10,13H,1-6H3. The lowest BCUT2D eigenvalue weighted by Gasteiger charge is -2.38. The van der Waals surface area contributed by atoms with Gasteiger partial charge in [0.2, 0.25) is 0 Å². The number of halogens is 1. The van der Waals surface area contributed by atoms with Gasteiger partial charge in [0.25, 0.3) is 0 Å². The summed E-state index contributed by atoms with van der Waals surface area (Å²) in [5, 5.41) is 0.664. The summed E-state index contributed by atoms with van der Waals surface area (Å²) in [6, 6.07) is 7.34. The highest BCUT2D eigenvalue weighted by atomic mass is 35.5. The number of carbonyl (C=O) groups excluding carboxylic acids is 1. The average molecular weight is 311 g/mol. The molecule has 0 amide bonds. The van der Waals surface area contributed by atoms with E-state index in [2.05, 4.69) is 0 Å². The molecule has 21 heavy (non-hydrogen) atoms. The molecule has 1 aliphatic rings. The first-order valence-corrected chi connectivity index (χ1v) is 7.52. The zero-order chi connectivity index (χ0) is 16.1. The molecule has 1 fully saturated rings. The van der Waals surface area contributed by atoms with E-state index in [0.717, 1.165) is 5.56 Å². The first-order valence-electron chi connectivity index (χ1n) is 7.14. The highest BCUT2D eigenvalue weighted by molar-refractivity contribution is 6.30. The first kappa shape index (κ1) is 16.3. The quantitative estimate of drug-likeness (QED) is 0.608. The summed E-state index contributed by atoms with van der Waals surface area (Å²) in [5.41, 5.74) is -0.684. The highest BCUT2D eigenvalue weighted by Crippen LogP contribution is 2.51. The second-order valence-electron chi connectivity index (χ2n) is 7.31. The molecular weight excluding hydrogens is 288 g/mol. The van der Waals surface area contributed by atoms with Gasteiger partial charge in [-0.05, 0) is 38.5 Å². The molecule has 0 spiro atoms. The van der Waals surface area contributed by atoms with E-state index < -0.39 is 11.2 Å². The summed E-state index contributed by atoms with van der Waals surface area (Å²) in [6.45, 7) is 11.8. The van der Waals surface area contributed by atoms with Crippen molar-refractivity contribution < 1.29 is 14.3 Å². The van der Waals surface area contributed by atoms with Crippen molar-refractivity contribution >= 4 is 17.6 Å². The monoisotopic (exact) mass is 310 g/mol. The van der Waals surface area contributed by atoms with E-state index in [9.17, 15) is 4.79 Å². The van der Waals surface area contributed by atoms with Crippen LogP contribution in [0.3, 0.4) is 0 Å². The molecular formula is C17H23ClO3. The van der Waals surface area contributed by atoms with E-state index in [1.165, 1.54) is 0 Å². The molecule has 1 aliphatic heterocycles. The Morgan fingerprint density at radius 1 is 1.19 bits per heavy atom. The lowest BCUT2D eigenvalue weighted by Crippen LogP contribution is -2.44. The predicted molar refractivity (Wildman–Crippen MR) is 83.3 cm³/mol. The zero-order valence-corrected chi connectivity index (χ0v) is 14.2. The van der Waals surface area contributed by atoms with E-state index in [1.807, 2.05) is 46.8 Å². The van der Waals surface area contributed by atoms with Crippen molar-refractivity contribution in [2.24, 2.45) is 5.41 Å². The van der Waals surface area contributed by atoms with Gasteiger partial charge in [-0.15, -0.1) is 0 Å². The average Bonchev–Trinajstić information content (AvgIpc) is 3.02. The Hall–Kier alpha value is -1.06. The van der Waals surface area contributed by atoms with Crippen LogP contribution in [0.25, 0.3) is 0 Å². The maximum atomic E-state index is 12.5. The van der Waals surface area contributed by atoms with Gasteiger partial charge in [0.1, 0.15) is 11.7 Å². The Balaban J connectivity index is 2.10. The summed E-state index contributed by atoms with van der Waals surface area (Å²) < 4.78 is 11.3. The van der Waals surface area contributed by atoms with E-state index >= 15 is 0 Å². The topological polar surface area (TPSA) is 38.8 Å². The Kier molecular flexibility index (Phi) is 3.88. The van der Waals surface area contributed by atoms with Gasteiger partial charge in [0, 0.05) is 10.4 Å². The summed E-state index contributed by atoms with van der Waals surface area (Å²) in [6.07, 6.45) is -0.266. The van der Waals surface area contributed by atoms with Gasteiger partial charge in [-0.2, -0.15) is 0 Å². The molecule has 0 aromatic heterocycles. The van der Waals surface area contributed by atoms with Crippen LogP contribution in [0.15, 0.2) is 24.3 Å². The minimum atomic E-state index is -0.906. The third-order valence-corrected chi connectivity index (χ3v) is 4.79. The Bertz CT molecular complexity index is 542. The van der Waals surface area contributed by atoms with Gasteiger partial charge in [0.15, 0.2) is 5.60 Å². The van der Waals surface area contributed by atoms with Crippen molar-refractivity contribution in [2.45, 2.75) is 58.8 Å². The molecule has 0 saturated carbocycles. The number of hydrogen-bond donors (Lipinski definition) is 0. The Morgan fingerprint density at radius 3 is 2.19 bits per heavy atom. The van der Waals surface area contributed by atoms with E-state index in [-0.39, 0.29) is 17.5 Å². The molecule has 3 nitrogen and oxygen atoms in total. The molecule has 4 heteroatoms. The van der Waals surface area contributed by atoms with E-state index in [4.69, 9.17) is 21.1 Å². The van der Waals surface area contributed by atoms with Crippen LogP contribution in [-0.4, -0.2) is 17.2 Å². The van der Waals surface area contributed by atoms with Gasteiger partial charge < -0.3 is 9.47 Å². The maximum Gasteiger partial charge on any atom is 0.341 e. The van der Waals surface area contributed by atoms with Crippen LogP contribution in [0.4, 0.5) is 0 Å². The van der Waals surface area contributed by atoms with Crippen LogP contribution < -0.4 is 0 Å². The van der Waals surface area contributed by atoms with Crippen molar-refractivity contribution in [3.8, 4) is 0 Å². The second-order valence-corrected chi connectivity index (χ2v) is 7.74. The fourth-order valence-electron chi connectivity index (χ4n) is 1.88. The van der Waals surface area contributed by atoms with Crippen LogP contribution >= 0.6 is 11.6 Å². The van der Waals surface area contributed by atoms with Gasteiger partial charge >= 0.3 is 5.97 Å². The summed E-state index contributed by atoms with van der Waals surface area (Å²) >= 11 is 5.88. The van der Waals surface area contributed by atoms with Crippen LogP contribution in [0.5, 0.6) is 0 Å². The Morgan fingerprint density at radius 2 is 1.71 bits per heavy atom. The lowest BCUT2D eigenvalue weighted by molar-refractivity contribution is -0.173. The van der Waals surface area contributed by atoms with Gasteiger partial charge in [-0.3, -0.25) is 0 Å². The smallest absolute Gasteiger partial charge is 0.341 e. The number of rotatable bonds is 3. The van der Waals surface area contributed by atoms with Crippen LogP contribution in [0.2, 0.25) is 5.02 Å². The fraction of sp³-hybridized carbons (Fsp3) is 0.588. The molecule has 2 atom stereocenters. The van der Waals surface area contributed by atoms with Crippen molar-refractivity contribution in [1.29, 1.82) is 0 Å². The predicted octanol–water partition coefficient (Wildman–Crippen LogP) is 4.54.